The molecule has 3 N–H and O–H groups in total. The van der Waals surface area contributed by atoms with E-state index in [2.05, 4.69) is 66.3 Å². The van der Waals surface area contributed by atoms with Crippen molar-refractivity contribution in [2.75, 3.05) is 92.0 Å². The Morgan fingerprint density at radius 1 is 0.587 bits per heavy atom. The number of ether oxygens (including phenoxy) is 6. The molecule has 4 aliphatic heterocycles. The number of nitrogens with two attached hydrogens (primary N) is 1. The second-order valence-corrected chi connectivity index (χ2v) is 19.4. The third kappa shape index (κ3) is 15.0. The molecule has 0 aliphatic carbocycles. The van der Waals surface area contributed by atoms with Gasteiger partial charge in [-0.3, -0.25) is 9.97 Å². The van der Waals surface area contributed by atoms with Gasteiger partial charge in [-0.25, -0.2) is 19.9 Å². The van der Waals surface area contributed by atoms with Gasteiger partial charge in [0.15, 0.2) is 0 Å². The van der Waals surface area contributed by atoms with Crippen LogP contribution in [0.25, 0.3) is 22.5 Å². The molecule has 6 aromatic rings. The van der Waals surface area contributed by atoms with Crippen LogP contribution in [0.5, 0.6) is 23.0 Å². The Morgan fingerprint density at radius 3 is 1.56 bits per heavy atom. The molecular weight excluding hydrogens is 972 g/mol. The molecule has 392 valence electrons. The van der Waals surface area contributed by atoms with Gasteiger partial charge in [-0.2, -0.15) is 10.5 Å². The molecule has 0 spiro atoms. The zero-order chi connectivity index (χ0) is 52.5. The van der Waals surface area contributed by atoms with Crippen molar-refractivity contribution in [3.05, 3.63) is 113 Å². The molecule has 0 unspecified atom stereocenters. The number of nitrogens with zero attached hydrogens (tertiary/aromatic N) is 10. The van der Waals surface area contributed by atoms with Gasteiger partial charge >= 0.3 is 0 Å². The minimum Gasteiger partial charge on any atom is -0.495 e. The third-order valence-electron chi connectivity index (χ3n) is 13.7. The van der Waals surface area contributed by atoms with Crippen LogP contribution in [-0.4, -0.2) is 133 Å². The highest BCUT2D eigenvalue weighted by Crippen LogP contribution is 2.36. The van der Waals surface area contributed by atoms with Crippen molar-refractivity contribution in [2.24, 2.45) is 0 Å². The van der Waals surface area contributed by atoms with Crippen LogP contribution < -0.4 is 30.0 Å². The van der Waals surface area contributed by atoms with E-state index in [0.29, 0.717) is 88.9 Å². The maximum absolute atomic E-state index is 9.73. The van der Waals surface area contributed by atoms with Crippen LogP contribution in [0.4, 0.5) is 17.2 Å². The number of nitrogens with one attached hydrogen (secondary N) is 1. The van der Waals surface area contributed by atoms with Crippen molar-refractivity contribution in [3.63, 3.8) is 0 Å². The average Bonchev–Trinajstić information content (AvgIpc) is 3.45. The summed E-state index contributed by atoms with van der Waals surface area (Å²) in [7, 11) is 7.67. The highest BCUT2D eigenvalue weighted by molar-refractivity contribution is 6.29. The standard InChI is InChI=1S/C28H32N6O3.C16H14ClN3O2.C12H19N3O/c1-34-9-5-19(6-10-34)28-26(35-2)14-22(17-30-28)33-27-15-24(31-18-32-27)20-3-4-25(21(13-20)16-29)37-23-7-11-36-12-8-23;17-16-8-14(19-10-20-16)11-1-2-15(12(7-11)9-18)22-13-3-5-21-6-4-13;1-15-5-3-9(4-6-15)12-11(16-2)7-10(13)8-14-12/h3-4,13-15,17-19,23H,5-12H2,1-2H3,(H,31,32,33);1-2,7-8,10,13H,3-6H2;7-9H,3-6,13H2,1-2H3. The Labute approximate surface area is 444 Å². The van der Waals surface area contributed by atoms with Crippen LogP contribution >= 0.6 is 11.6 Å². The number of methoxy groups -OCH3 is 2. The molecule has 8 heterocycles. The lowest BCUT2D eigenvalue weighted by Gasteiger charge is -2.29. The van der Waals surface area contributed by atoms with Gasteiger partial charge in [0.05, 0.1) is 98.3 Å². The first kappa shape index (κ1) is 54.1. The van der Waals surface area contributed by atoms with Crippen LogP contribution in [0.1, 0.15) is 85.7 Å². The van der Waals surface area contributed by atoms with E-state index in [1.807, 2.05) is 48.7 Å². The van der Waals surface area contributed by atoms with Crippen LogP contribution in [0.15, 0.2) is 85.7 Å². The Kier molecular flexibility index (Phi) is 19.4. The molecule has 4 aromatic heterocycles. The smallest absolute Gasteiger partial charge is 0.142 e. The molecule has 4 aliphatic rings. The summed E-state index contributed by atoms with van der Waals surface area (Å²) in [6.07, 6.45) is 14.4. The molecule has 19 heteroatoms. The number of pyridine rings is 2. The van der Waals surface area contributed by atoms with Gasteiger partial charge in [0.2, 0.25) is 0 Å². The van der Waals surface area contributed by atoms with Crippen molar-refractivity contribution in [1.82, 2.24) is 39.7 Å². The van der Waals surface area contributed by atoms with E-state index in [1.54, 1.807) is 38.6 Å². The molecule has 4 fully saturated rings. The molecule has 4 saturated heterocycles. The van der Waals surface area contributed by atoms with E-state index >= 15 is 0 Å². The van der Waals surface area contributed by atoms with Gasteiger partial charge in [0.25, 0.3) is 0 Å². The summed E-state index contributed by atoms with van der Waals surface area (Å²) in [6.45, 7) is 7.14. The van der Waals surface area contributed by atoms with E-state index in [-0.39, 0.29) is 12.2 Å². The highest BCUT2D eigenvalue weighted by atomic mass is 35.5. The predicted octanol–water partition coefficient (Wildman–Crippen LogP) is 9.24. The lowest BCUT2D eigenvalue weighted by Crippen LogP contribution is -2.29. The predicted molar refractivity (Wildman–Crippen MR) is 287 cm³/mol. The van der Waals surface area contributed by atoms with Gasteiger partial charge < -0.3 is 49.3 Å². The van der Waals surface area contributed by atoms with Crippen LogP contribution in [0, 0.1) is 22.7 Å². The largest absolute Gasteiger partial charge is 0.495 e. The fourth-order valence-electron chi connectivity index (χ4n) is 9.43. The van der Waals surface area contributed by atoms with E-state index < -0.39 is 0 Å². The number of piperidine rings is 2. The summed E-state index contributed by atoms with van der Waals surface area (Å²) in [4.78, 5) is 30.7. The molecule has 0 bridgehead atoms. The van der Waals surface area contributed by atoms with Gasteiger partial charge in [-0.1, -0.05) is 11.6 Å². The first-order chi connectivity index (χ1) is 36.6. The second kappa shape index (κ2) is 26.9. The number of rotatable bonds is 12. The maximum Gasteiger partial charge on any atom is 0.142 e. The average molecular weight is 1040 g/mol. The van der Waals surface area contributed by atoms with Gasteiger partial charge in [0.1, 0.15) is 71.0 Å². The van der Waals surface area contributed by atoms with Crippen molar-refractivity contribution in [3.8, 4) is 57.7 Å². The fraction of sp³-hybridized carbons (Fsp3) is 0.429. The number of halogens is 1. The zero-order valence-electron chi connectivity index (χ0n) is 43.1. The van der Waals surface area contributed by atoms with Gasteiger partial charge in [-0.05, 0) is 102 Å². The Morgan fingerprint density at radius 2 is 1.07 bits per heavy atom. The molecule has 18 nitrogen and oxygen atoms in total. The van der Waals surface area contributed by atoms with Gasteiger partial charge in [-0.15, -0.1) is 0 Å². The van der Waals surface area contributed by atoms with Crippen LogP contribution in [0.3, 0.4) is 0 Å². The number of hydrogen-bond acceptors (Lipinski definition) is 18. The Bertz CT molecular complexity index is 2910. The quantitative estimate of drug-likeness (QED) is 0.109. The van der Waals surface area contributed by atoms with E-state index in [0.717, 1.165) is 117 Å². The van der Waals surface area contributed by atoms with E-state index in [9.17, 15) is 10.5 Å². The summed E-state index contributed by atoms with van der Waals surface area (Å²) in [5.41, 5.74) is 13.2. The zero-order valence-corrected chi connectivity index (χ0v) is 43.8. The van der Waals surface area contributed by atoms with Crippen molar-refractivity contribution in [2.45, 2.75) is 75.4 Å². The van der Waals surface area contributed by atoms with Gasteiger partial charge in [0, 0.05) is 72.9 Å². The number of aromatic nitrogens is 6. The van der Waals surface area contributed by atoms with Crippen molar-refractivity contribution < 1.29 is 28.4 Å². The van der Waals surface area contributed by atoms with E-state index in [1.165, 1.54) is 12.7 Å². The first-order valence-electron chi connectivity index (χ1n) is 25.4. The number of hydrogen-bond donors (Lipinski definition) is 2. The molecule has 0 atom stereocenters. The lowest BCUT2D eigenvalue weighted by molar-refractivity contribution is 0.0252. The van der Waals surface area contributed by atoms with E-state index in [4.69, 9.17) is 50.7 Å². The molecule has 0 radical (unpaired) electrons. The monoisotopic (exact) mass is 1040 g/mol. The number of anilines is 3. The minimum absolute atomic E-state index is 0.0676. The summed E-state index contributed by atoms with van der Waals surface area (Å²) in [6, 6.07) is 22.8. The second-order valence-electron chi connectivity index (χ2n) is 19.0. The minimum atomic E-state index is 0.0676. The lowest BCUT2D eigenvalue weighted by atomic mass is 9.92. The van der Waals surface area contributed by atoms with Crippen molar-refractivity contribution >= 4 is 28.8 Å². The molecule has 0 saturated carbocycles. The van der Waals surface area contributed by atoms with Crippen LogP contribution in [-0.2, 0) is 9.47 Å². The Hall–Kier alpha value is -7.19. The normalized spacial score (nSPS) is 16.9. The molecule has 75 heavy (non-hydrogen) atoms. The fourth-order valence-corrected chi connectivity index (χ4v) is 9.57. The summed E-state index contributed by atoms with van der Waals surface area (Å²) >= 11 is 5.88. The number of likely N-dealkylation sites (tertiary alicyclic amines) is 2. The summed E-state index contributed by atoms with van der Waals surface area (Å²) < 4.78 is 33.8. The highest BCUT2D eigenvalue weighted by Gasteiger charge is 2.25. The topological polar surface area (TPSA) is 225 Å². The van der Waals surface area contributed by atoms with Crippen LogP contribution in [0.2, 0.25) is 5.15 Å². The third-order valence-corrected chi connectivity index (χ3v) is 13.9. The first-order valence-corrected chi connectivity index (χ1v) is 25.8. The maximum atomic E-state index is 9.73. The number of nitriles is 2. The van der Waals surface area contributed by atoms with Crippen molar-refractivity contribution in [1.29, 1.82) is 10.5 Å². The summed E-state index contributed by atoms with van der Waals surface area (Å²) in [5, 5.41) is 22.8. The number of nitrogen functional groups attached to an aromatic ring is 1. The number of benzene rings is 2. The molecule has 10 rings (SSSR count). The molecule has 2 aromatic carbocycles. The molecule has 0 amide bonds. The molecular formula is C56H65ClN12O6. The summed E-state index contributed by atoms with van der Waals surface area (Å²) in [5.74, 6) is 4.33. The SMILES string of the molecule is COc1cc(N)cnc1C1CCN(C)CC1.COc1cc(Nc2cc(-c3ccc(OC4CCOCC4)c(C#N)c3)ncn2)cnc1C1CCN(C)CC1.N#Cc1cc(-c2cc(Cl)ncn2)ccc1OC1CCOCC1. The Balaban J connectivity index is 0.000000166.